The molecule has 6 heteroatoms. The van der Waals surface area contributed by atoms with Gasteiger partial charge in [0, 0.05) is 23.8 Å². The van der Waals surface area contributed by atoms with Gasteiger partial charge in [-0.25, -0.2) is 0 Å². The summed E-state index contributed by atoms with van der Waals surface area (Å²) in [6.07, 6.45) is 4.21. The summed E-state index contributed by atoms with van der Waals surface area (Å²) in [7, 11) is 0. The Kier molecular flexibility index (Phi) is 4.20. The van der Waals surface area contributed by atoms with Crippen LogP contribution >= 0.6 is 11.6 Å². The van der Waals surface area contributed by atoms with Gasteiger partial charge in [0.25, 0.3) is 0 Å². The highest BCUT2D eigenvalue weighted by molar-refractivity contribution is 6.30. The van der Waals surface area contributed by atoms with E-state index in [4.69, 9.17) is 11.6 Å². The van der Waals surface area contributed by atoms with Crippen molar-refractivity contribution >= 4 is 29.1 Å². The lowest BCUT2D eigenvalue weighted by Crippen LogP contribution is -2.35. The van der Waals surface area contributed by atoms with Crippen molar-refractivity contribution in [3.8, 4) is 0 Å². The molecule has 1 saturated heterocycles. The number of rotatable bonds is 3. The van der Waals surface area contributed by atoms with Crippen LogP contribution in [0.15, 0.2) is 30.5 Å². The highest BCUT2D eigenvalue weighted by Crippen LogP contribution is 2.22. The zero-order chi connectivity index (χ0) is 14.7. The first-order valence-electron chi connectivity index (χ1n) is 7.18. The molecule has 0 aliphatic carbocycles. The zero-order valence-electron chi connectivity index (χ0n) is 12.0. The maximum atomic E-state index is 5.88. The van der Waals surface area contributed by atoms with Crippen molar-refractivity contribution in [2.45, 2.75) is 19.8 Å². The topological polar surface area (TPSA) is 53.9 Å². The molecule has 2 heterocycles. The molecule has 0 spiro atoms. The Hall–Kier alpha value is -1.88. The number of benzene rings is 1. The Labute approximate surface area is 129 Å². The number of halogens is 1. The monoisotopic (exact) mass is 303 g/mol. The number of aromatic nitrogens is 3. The quantitative estimate of drug-likeness (QED) is 0.940. The molecule has 1 unspecified atom stereocenters. The second-order valence-electron chi connectivity index (χ2n) is 5.46. The van der Waals surface area contributed by atoms with Crippen LogP contribution < -0.4 is 10.2 Å². The second-order valence-corrected chi connectivity index (χ2v) is 5.90. The molecule has 1 N–H and O–H groups in total. The molecule has 110 valence electrons. The number of anilines is 3. The molecule has 0 saturated carbocycles. The van der Waals surface area contributed by atoms with Crippen LogP contribution in [0.25, 0.3) is 0 Å². The number of hydrogen-bond donors (Lipinski definition) is 1. The van der Waals surface area contributed by atoms with Crippen molar-refractivity contribution in [1.29, 1.82) is 0 Å². The normalized spacial score (nSPS) is 18.6. The molecule has 1 aromatic heterocycles. The molecule has 2 aromatic rings. The van der Waals surface area contributed by atoms with E-state index in [0.29, 0.717) is 16.9 Å². The van der Waals surface area contributed by atoms with Crippen molar-refractivity contribution < 1.29 is 0 Å². The molecule has 21 heavy (non-hydrogen) atoms. The van der Waals surface area contributed by atoms with Gasteiger partial charge >= 0.3 is 0 Å². The average Bonchev–Trinajstić information content (AvgIpc) is 2.50. The molecule has 1 aliphatic rings. The van der Waals surface area contributed by atoms with E-state index in [1.54, 1.807) is 6.20 Å². The first kappa shape index (κ1) is 14.1. The van der Waals surface area contributed by atoms with Crippen LogP contribution in [0.3, 0.4) is 0 Å². The van der Waals surface area contributed by atoms with E-state index in [-0.39, 0.29) is 0 Å². The lowest BCUT2D eigenvalue weighted by molar-refractivity contribution is 0.444. The molecule has 5 nitrogen and oxygen atoms in total. The van der Waals surface area contributed by atoms with Crippen molar-refractivity contribution in [3.63, 3.8) is 0 Å². The SMILES string of the molecule is CC1CCCN(c2cnnc(Nc3ccc(Cl)cc3)n2)C1. The lowest BCUT2D eigenvalue weighted by Gasteiger charge is -2.31. The van der Waals surface area contributed by atoms with Gasteiger partial charge in [-0.2, -0.15) is 10.1 Å². The fourth-order valence-electron chi connectivity index (χ4n) is 2.56. The van der Waals surface area contributed by atoms with Crippen molar-refractivity contribution in [1.82, 2.24) is 15.2 Å². The Morgan fingerprint density at radius 3 is 2.86 bits per heavy atom. The van der Waals surface area contributed by atoms with Crippen LogP contribution in [0.5, 0.6) is 0 Å². The highest BCUT2D eigenvalue weighted by atomic mass is 35.5. The van der Waals surface area contributed by atoms with Crippen molar-refractivity contribution in [3.05, 3.63) is 35.5 Å². The fraction of sp³-hybridized carbons (Fsp3) is 0.400. The first-order valence-corrected chi connectivity index (χ1v) is 7.56. The molecular formula is C15H18ClN5. The number of nitrogens with one attached hydrogen (secondary N) is 1. The first-order chi connectivity index (χ1) is 10.2. The Morgan fingerprint density at radius 2 is 2.10 bits per heavy atom. The van der Waals surface area contributed by atoms with E-state index in [9.17, 15) is 0 Å². The van der Waals surface area contributed by atoms with Crippen LogP contribution in [0.4, 0.5) is 17.5 Å². The van der Waals surface area contributed by atoms with Gasteiger partial charge < -0.3 is 10.2 Å². The molecule has 0 bridgehead atoms. The van der Waals surface area contributed by atoms with E-state index in [2.05, 4.69) is 32.3 Å². The minimum atomic E-state index is 0.507. The summed E-state index contributed by atoms with van der Waals surface area (Å²) in [5.41, 5.74) is 0.894. The van der Waals surface area contributed by atoms with Gasteiger partial charge in [0.15, 0.2) is 5.82 Å². The number of piperidine rings is 1. The zero-order valence-corrected chi connectivity index (χ0v) is 12.7. The molecule has 1 fully saturated rings. The van der Waals surface area contributed by atoms with E-state index in [0.717, 1.165) is 24.6 Å². The summed E-state index contributed by atoms with van der Waals surface area (Å²) in [4.78, 5) is 6.83. The van der Waals surface area contributed by atoms with Gasteiger partial charge in [-0.3, -0.25) is 0 Å². The third-order valence-corrected chi connectivity index (χ3v) is 3.88. The summed E-state index contributed by atoms with van der Waals surface area (Å²) >= 11 is 5.88. The minimum Gasteiger partial charge on any atom is -0.355 e. The molecule has 0 amide bonds. The number of hydrogen-bond acceptors (Lipinski definition) is 5. The van der Waals surface area contributed by atoms with Crippen molar-refractivity contribution in [2.75, 3.05) is 23.3 Å². The molecule has 1 atom stereocenters. The van der Waals surface area contributed by atoms with Crippen LogP contribution in [0, 0.1) is 5.92 Å². The fourth-order valence-corrected chi connectivity index (χ4v) is 2.69. The number of nitrogens with zero attached hydrogens (tertiary/aromatic N) is 4. The summed E-state index contributed by atoms with van der Waals surface area (Å²) in [6.45, 7) is 4.33. The summed E-state index contributed by atoms with van der Waals surface area (Å²) in [6, 6.07) is 7.43. The molecule has 1 aliphatic heterocycles. The van der Waals surface area contributed by atoms with E-state index >= 15 is 0 Å². The highest BCUT2D eigenvalue weighted by Gasteiger charge is 2.18. The summed E-state index contributed by atoms with van der Waals surface area (Å²) < 4.78 is 0. The third kappa shape index (κ3) is 3.61. The van der Waals surface area contributed by atoms with Gasteiger partial charge in [0.1, 0.15) is 0 Å². The van der Waals surface area contributed by atoms with Gasteiger partial charge in [-0.05, 0) is 43.0 Å². The molecule has 0 radical (unpaired) electrons. The van der Waals surface area contributed by atoms with Crippen LogP contribution in [0.1, 0.15) is 19.8 Å². The average molecular weight is 304 g/mol. The maximum absolute atomic E-state index is 5.88. The Balaban J connectivity index is 1.75. The molecule has 1 aromatic carbocycles. The maximum Gasteiger partial charge on any atom is 0.249 e. The minimum absolute atomic E-state index is 0.507. The third-order valence-electron chi connectivity index (χ3n) is 3.63. The second kappa shape index (κ2) is 6.26. The standard InChI is InChI=1S/C15H18ClN5/c1-11-3-2-8-21(10-11)14-9-17-20-15(19-14)18-13-6-4-12(16)5-7-13/h4-7,9,11H,2-3,8,10H2,1H3,(H,18,19,20). The van der Waals surface area contributed by atoms with Crippen LogP contribution in [-0.2, 0) is 0 Å². The van der Waals surface area contributed by atoms with E-state index in [1.165, 1.54) is 12.8 Å². The van der Waals surface area contributed by atoms with Crippen molar-refractivity contribution in [2.24, 2.45) is 5.92 Å². The van der Waals surface area contributed by atoms with Gasteiger partial charge in [0.2, 0.25) is 5.95 Å². The van der Waals surface area contributed by atoms with Gasteiger partial charge in [0.05, 0.1) is 6.20 Å². The Morgan fingerprint density at radius 1 is 1.29 bits per heavy atom. The molecular weight excluding hydrogens is 286 g/mol. The predicted octanol–water partition coefficient (Wildman–Crippen LogP) is 3.50. The summed E-state index contributed by atoms with van der Waals surface area (Å²) in [5.74, 6) is 2.09. The largest absolute Gasteiger partial charge is 0.355 e. The molecule has 3 rings (SSSR count). The lowest BCUT2D eigenvalue weighted by atomic mass is 10.0. The van der Waals surface area contributed by atoms with Crippen LogP contribution in [-0.4, -0.2) is 28.3 Å². The predicted molar refractivity (Wildman–Crippen MR) is 85.2 cm³/mol. The van der Waals surface area contributed by atoms with Crippen LogP contribution in [0.2, 0.25) is 5.02 Å². The van der Waals surface area contributed by atoms with Gasteiger partial charge in [-0.1, -0.05) is 18.5 Å². The van der Waals surface area contributed by atoms with E-state index < -0.39 is 0 Å². The smallest absolute Gasteiger partial charge is 0.249 e. The Bertz CT molecular complexity index is 601. The summed E-state index contributed by atoms with van der Waals surface area (Å²) in [5, 5.41) is 12.0. The van der Waals surface area contributed by atoms with E-state index in [1.807, 2.05) is 24.3 Å². The van der Waals surface area contributed by atoms with Gasteiger partial charge in [-0.15, -0.1) is 5.10 Å².